The predicted molar refractivity (Wildman–Crippen MR) is 98.4 cm³/mol. The molecule has 1 fully saturated rings. The number of hydrogen-bond donors (Lipinski definition) is 1. The van der Waals surface area contributed by atoms with Crippen LogP contribution in [0.3, 0.4) is 0 Å². The molecular formula is C19H15NO5S. The van der Waals surface area contributed by atoms with Crippen LogP contribution in [0.4, 0.5) is 4.79 Å². The summed E-state index contributed by atoms with van der Waals surface area (Å²) in [7, 11) is 1.54. The molecule has 1 N–H and O–H groups in total. The lowest BCUT2D eigenvalue weighted by atomic mass is 10.1. The van der Waals surface area contributed by atoms with E-state index in [2.05, 4.69) is 5.32 Å². The van der Waals surface area contributed by atoms with Gasteiger partial charge in [-0.05, 0) is 47.7 Å². The third kappa shape index (κ3) is 4.31. The van der Waals surface area contributed by atoms with Crippen molar-refractivity contribution in [3.8, 4) is 11.5 Å². The van der Waals surface area contributed by atoms with Gasteiger partial charge in [-0.25, -0.2) is 0 Å². The number of hydrogen-bond acceptors (Lipinski definition) is 6. The number of ether oxygens (including phenoxy) is 2. The Morgan fingerprint density at radius 2 is 1.88 bits per heavy atom. The molecule has 132 valence electrons. The van der Waals surface area contributed by atoms with Crippen LogP contribution in [0.25, 0.3) is 6.08 Å². The molecule has 1 aliphatic rings. The molecule has 1 aliphatic heterocycles. The fourth-order valence-corrected chi connectivity index (χ4v) is 2.94. The SMILES string of the molecule is COc1cccc(C(=O)COc2ccc(C=C3SC(=O)NC3=O)cc2)c1. The van der Waals surface area contributed by atoms with Gasteiger partial charge in [0.1, 0.15) is 11.5 Å². The van der Waals surface area contributed by atoms with Crippen molar-refractivity contribution in [3.63, 3.8) is 0 Å². The largest absolute Gasteiger partial charge is 0.497 e. The number of ketones is 1. The van der Waals surface area contributed by atoms with E-state index < -0.39 is 5.91 Å². The Labute approximate surface area is 154 Å². The fraction of sp³-hybridized carbons (Fsp3) is 0.105. The van der Waals surface area contributed by atoms with E-state index in [-0.39, 0.29) is 17.6 Å². The van der Waals surface area contributed by atoms with Gasteiger partial charge in [0, 0.05) is 5.56 Å². The number of carbonyl (C=O) groups excluding carboxylic acids is 3. The highest BCUT2D eigenvalue weighted by molar-refractivity contribution is 8.18. The Morgan fingerprint density at radius 1 is 1.12 bits per heavy atom. The second-order valence-corrected chi connectivity index (χ2v) is 6.38. The fourth-order valence-electron chi connectivity index (χ4n) is 2.26. The van der Waals surface area contributed by atoms with Gasteiger partial charge in [0.15, 0.2) is 12.4 Å². The second kappa shape index (κ2) is 7.88. The van der Waals surface area contributed by atoms with Crippen LogP contribution >= 0.6 is 11.8 Å². The summed E-state index contributed by atoms with van der Waals surface area (Å²) in [5, 5.41) is 1.82. The van der Waals surface area contributed by atoms with Gasteiger partial charge in [0.2, 0.25) is 0 Å². The zero-order chi connectivity index (χ0) is 18.5. The van der Waals surface area contributed by atoms with E-state index in [0.29, 0.717) is 22.0 Å². The second-order valence-electron chi connectivity index (χ2n) is 5.37. The average molecular weight is 369 g/mol. The highest BCUT2D eigenvalue weighted by Crippen LogP contribution is 2.26. The van der Waals surface area contributed by atoms with E-state index in [4.69, 9.17) is 9.47 Å². The van der Waals surface area contributed by atoms with Crippen LogP contribution in [0.1, 0.15) is 15.9 Å². The maximum Gasteiger partial charge on any atom is 0.290 e. The van der Waals surface area contributed by atoms with Gasteiger partial charge in [0.05, 0.1) is 12.0 Å². The number of amides is 2. The van der Waals surface area contributed by atoms with Crippen molar-refractivity contribution in [2.75, 3.05) is 13.7 Å². The smallest absolute Gasteiger partial charge is 0.290 e. The molecule has 2 amide bonds. The third-order valence-electron chi connectivity index (χ3n) is 3.58. The molecule has 1 heterocycles. The number of nitrogens with one attached hydrogen (secondary N) is 1. The number of carbonyl (C=O) groups is 3. The molecule has 0 saturated carbocycles. The number of methoxy groups -OCH3 is 1. The summed E-state index contributed by atoms with van der Waals surface area (Å²) in [6.45, 7) is -0.0969. The van der Waals surface area contributed by atoms with Crippen molar-refractivity contribution in [2.45, 2.75) is 0 Å². The van der Waals surface area contributed by atoms with Gasteiger partial charge in [-0.15, -0.1) is 0 Å². The summed E-state index contributed by atoms with van der Waals surface area (Å²) in [5.41, 5.74) is 1.27. The van der Waals surface area contributed by atoms with Crippen LogP contribution in [-0.2, 0) is 4.79 Å². The van der Waals surface area contributed by atoms with Gasteiger partial charge < -0.3 is 9.47 Å². The van der Waals surface area contributed by atoms with Crippen molar-refractivity contribution < 1.29 is 23.9 Å². The average Bonchev–Trinajstić information content (AvgIpc) is 2.97. The molecule has 0 aromatic heterocycles. The number of benzene rings is 2. The number of imide groups is 1. The Morgan fingerprint density at radius 3 is 2.54 bits per heavy atom. The highest BCUT2D eigenvalue weighted by Gasteiger charge is 2.24. The zero-order valence-corrected chi connectivity index (χ0v) is 14.7. The summed E-state index contributed by atoms with van der Waals surface area (Å²) in [6.07, 6.45) is 1.62. The molecular weight excluding hydrogens is 354 g/mol. The summed E-state index contributed by atoms with van der Waals surface area (Å²) >= 11 is 0.863. The first kappa shape index (κ1) is 17.8. The number of Topliss-reactive ketones (excluding diaryl/α,β-unsaturated/α-hetero) is 1. The van der Waals surface area contributed by atoms with Crippen molar-refractivity contribution in [2.24, 2.45) is 0 Å². The first-order valence-corrected chi connectivity index (χ1v) is 8.52. The standard InChI is InChI=1S/C19H15NO5S/c1-24-15-4-2-3-13(10-15)16(21)11-25-14-7-5-12(6-8-14)9-17-18(22)20-19(23)26-17/h2-10H,11H2,1H3,(H,20,22,23). The van der Waals surface area contributed by atoms with Gasteiger partial charge in [-0.3, -0.25) is 19.7 Å². The molecule has 2 aromatic rings. The summed E-state index contributed by atoms with van der Waals surface area (Å²) < 4.78 is 10.6. The van der Waals surface area contributed by atoms with E-state index in [0.717, 1.165) is 17.3 Å². The Balaban J connectivity index is 1.61. The Bertz CT molecular complexity index is 889. The van der Waals surface area contributed by atoms with Gasteiger partial charge >= 0.3 is 0 Å². The minimum Gasteiger partial charge on any atom is -0.497 e. The minimum atomic E-state index is -0.399. The quantitative estimate of drug-likeness (QED) is 0.622. The predicted octanol–water partition coefficient (Wildman–Crippen LogP) is 3.28. The molecule has 0 radical (unpaired) electrons. The van der Waals surface area contributed by atoms with Crippen LogP contribution in [0.2, 0.25) is 0 Å². The Kier molecular flexibility index (Phi) is 5.38. The van der Waals surface area contributed by atoms with Crippen LogP contribution in [0, 0.1) is 0 Å². The van der Waals surface area contributed by atoms with Crippen LogP contribution in [0.5, 0.6) is 11.5 Å². The topological polar surface area (TPSA) is 81.7 Å². The lowest BCUT2D eigenvalue weighted by molar-refractivity contribution is -0.115. The molecule has 7 heteroatoms. The molecule has 0 bridgehead atoms. The minimum absolute atomic E-state index is 0.0969. The number of thioether (sulfide) groups is 1. The van der Waals surface area contributed by atoms with Crippen LogP contribution in [0.15, 0.2) is 53.4 Å². The molecule has 1 saturated heterocycles. The van der Waals surface area contributed by atoms with Gasteiger partial charge in [0.25, 0.3) is 11.1 Å². The molecule has 2 aromatic carbocycles. The normalized spacial score (nSPS) is 15.0. The Hall–Kier alpha value is -3.06. The van der Waals surface area contributed by atoms with E-state index in [1.54, 1.807) is 61.7 Å². The first-order chi connectivity index (χ1) is 12.5. The third-order valence-corrected chi connectivity index (χ3v) is 4.39. The lowest BCUT2D eigenvalue weighted by Gasteiger charge is -2.07. The summed E-state index contributed by atoms with van der Waals surface area (Å²) in [5.74, 6) is 0.584. The van der Waals surface area contributed by atoms with Crippen molar-refractivity contribution in [1.29, 1.82) is 0 Å². The molecule has 26 heavy (non-hydrogen) atoms. The van der Waals surface area contributed by atoms with Crippen molar-refractivity contribution >= 4 is 34.8 Å². The highest BCUT2D eigenvalue weighted by atomic mass is 32.2. The van der Waals surface area contributed by atoms with Gasteiger partial charge in [-0.1, -0.05) is 24.3 Å². The summed E-state index contributed by atoms with van der Waals surface area (Å²) in [6, 6.07) is 13.8. The van der Waals surface area contributed by atoms with Crippen LogP contribution < -0.4 is 14.8 Å². The number of rotatable bonds is 6. The molecule has 0 aliphatic carbocycles. The lowest BCUT2D eigenvalue weighted by Crippen LogP contribution is -2.17. The van der Waals surface area contributed by atoms with E-state index >= 15 is 0 Å². The maximum atomic E-state index is 12.2. The van der Waals surface area contributed by atoms with Crippen molar-refractivity contribution in [1.82, 2.24) is 5.32 Å². The zero-order valence-electron chi connectivity index (χ0n) is 13.9. The van der Waals surface area contributed by atoms with Crippen molar-refractivity contribution in [3.05, 3.63) is 64.6 Å². The monoisotopic (exact) mass is 369 g/mol. The maximum absolute atomic E-state index is 12.2. The first-order valence-electron chi connectivity index (χ1n) is 7.70. The van der Waals surface area contributed by atoms with Gasteiger partial charge in [-0.2, -0.15) is 0 Å². The molecule has 0 unspecified atom stereocenters. The molecule has 6 nitrogen and oxygen atoms in total. The summed E-state index contributed by atoms with van der Waals surface area (Å²) in [4.78, 5) is 35.2. The van der Waals surface area contributed by atoms with E-state index in [1.807, 2.05) is 0 Å². The molecule has 3 rings (SSSR count). The van der Waals surface area contributed by atoms with Crippen LogP contribution in [-0.4, -0.2) is 30.6 Å². The molecule has 0 spiro atoms. The molecule has 0 atom stereocenters. The van der Waals surface area contributed by atoms with E-state index in [1.165, 1.54) is 0 Å². The van der Waals surface area contributed by atoms with E-state index in [9.17, 15) is 14.4 Å².